The van der Waals surface area contributed by atoms with Crippen LogP contribution in [0.5, 0.6) is 0 Å². The Morgan fingerprint density at radius 3 is 2.69 bits per heavy atom. The largest absolute Gasteiger partial charge is 0.383 e. The lowest BCUT2D eigenvalue weighted by Crippen LogP contribution is -2.55. The Bertz CT molecular complexity index is 1270. The van der Waals surface area contributed by atoms with E-state index in [4.69, 9.17) is 26.8 Å². The maximum Gasteiger partial charge on any atom is 0.259 e. The van der Waals surface area contributed by atoms with Gasteiger partial charge in [0.25, 0.3) is 17.7 Å². The number of amides is 3. The highest BCUT2D eigenvalue weighted by Gasteiger charge is 2.40. The molecule has 0 aliphatic carbocycles. The lowest BCUT2D eigenvalue weighted by atomic mass is 10.1. The average Bonchev–Trinajstić information content (AvgIpc) is 3.27. The van der Waals surface area contributed by atoms with Gasteiger partial charge in [-0.15, -0.1) is 0 Å². The summed E-state index contributed by atoms with van der Waals surface area (Å²) >= 11 is 6.41. The van der Waals surface area contributed by atoms with E-state index >= 15 is 0 Å². The Morgan fingerprint density at radius 2 is 1.92 bits per heavy atom. The Balaban J connectivity index is 1.30. The van der Waals surface area contributed by atoms with Gasteiger partial charge in [-0.3, -0.25) is 19.4 Å². The van der Waals surface area contributed by atoms with Gasteiger partial charge in [0.15, 0.2) is 12.2 Å². The molecule has 0 radical (unpaired) electrons. The van der Waals surface area contributed by atoms with Crippen molar-refractivity contribution in [3.63, 3.8) is 0 Å². The van der Waals surface area contributed by atoms with Gasteiger partial charge in [-0.1, -0.05) is 17.7 Å². The fraction of sp³-hybridized carbons (Fsp3) is 0.333. The summed E-state index contributed by atoms with van der Waals surface area (Å²) in [5.74, 6) is -1.21. The second kappa shape index (κ2) is 9.86. The summed E-state index contributed by atoms with van der Waals surface area (Å²) < 4.78 is 10.7. The van der Waals surface area contributed by atoms with Gasteiger partial charge in [0.05, 0.1) is 30.5 Å². The average molecular weight is 514 g/mol. The molecule has 12 heteroatoms. The zero-order valence-corrected chi connectivity index (χ0v) is 19.9. The zero-order valence-electron chi connectivity index (χ0n) is 19.1. The number of carbonyl (C=O) groups excluding carboxylic acids is 3. The van der Waals surface area contributed by atoms with Crippen LogP contribution in [-0.2, 0) is 30.4 Å². The number of benzene rings is 2. The van der Waals surface area contributed by atoms with Gasteiger partial charge in [0.2, 0.25) is 0 Å². The van der Waals surface area contributed by atoms with Crippen molar-refractivity contribution in [2.75, 3.05) is 48.0 Å². The molecule has 5 rings (SSSR count). The summed E-state index contributed by atoms with van der Waals surface area (Å²) in [7, 11) is 0. The molecule has 2 aromatic carbocycles. The van der Waals surface area contributed by atoms with Crippen molar-refractivity contribution >= 4 is 52.2 Å². The number of anilines is 3. The van der Waals surface area contributed by atoms with Crippen molar-refractivity contribution in [3.05, 3.63) is 52.5 Å². The van der Waals surface area contributed by atoms with Gasteiger partial charge < -0.3 is 35.4 Å². The number of ether oxygens (including phenoxy) is 2. The molecule has 11 nitrogen and oxygen atoms in total. The predicted molar refractivity (Wildman–Crippen MR) is 132 cm³/mol. The van der Waals surface area contributed by atoms with E-state index in [1.807, 2.05) is 0 Å². The highest BCUT2D eigenvalue weighted by atomic mass is 35.5. The molecule has 188 valence electrons. The van der Waals surface area contributed by atoms with E-state index in [0.29, 0.717) is 48.0 Å². The van der Waals surface area contributed by atoms with Gasteiger partial charge >= 0.3 is 0 Å². The number of nitrogens with one attached hydrogen (secondary N) is 1. The minimum absolute atomic E-state index is 0.00125. The number of morpholine rings is 2. The molecule has 2 saturated heterocycles. The minimum Gasteiger partial charge on any atom is -0.383 e. The summed E-state index contributed by atoms with van der Waals surface area (Å²) in [5.41, 5.74) is 8.63. The molecular formula is C24H24ClN5O6. The van der Waals surface area contributed by atoms with Crippen molar-refractivity contribution < 1.29 is 29.0 Å². The normalized spacial score (nSPS) is 20.7. The molecule has 0 saturated carbocycles. The van der Waals surface area contributed by atoms with Crippen LogP contribution in [0.3, 0.4) is 0 Å². The molecule has 2 fully saturated rings. The van der Waals surface area contributed by atoms with E-state index in [0.717, 1.165) is 0 Å². The summed E-state index contributed by atoms with van der Waals surface area (Å²) in [6.45, 7) is 1.45. The van der Waals surface area contributed by atoms with Crippen molar-refractivity contribution in [1.29, 1.82) is 0 Å². The molecule has 3 aliphatic rings. The zero-order chi connectivity index (χ0) is 25.4. The number of hydrogen-bond donors (Lipinski definition) is 3. The maximum absolute atomic E-state index is 13.2. The number of rotatable bonds is 5. The van der Waals surface area contributed by atoms with E-state index in [2.05, 4.69) is 10.3 Å². The highest BCUT2D eigenvalue weighted by molar-refractivity contribution is 6.35. The van der Waals surface area contributed by atoms with Crippen LogP contribution in [0.4, 0.5) is 17.1 Å². The van der Waals surface area contributed by atoms with E-state index in [1.54, 1.807) is 41.3 Å². The Labute approximate surface area is 211 Å². The molecule has 2 atom stereocenters. The third-order valence-corrected chi connectivity index (χ3v) is 6.73. The molecule has 0 aromatic heterocycles. The molecule has 2 aromatic rings. The third kappa shape index (κ3) is 4.42. The Hall–Kier alpha value is -3.51. The summed E-state index contributed by atoms with van der Waals surface area (Å²) in [5, 5.41) is 13.6. The van der Waals surface area contributed by atoms with Crippen LogP contribution in [0, 0.1) is 0 Å². The SMILES string of the molecule is NC1=NCc2c1ccc(NC(=O)C(O)C1OCCN(c3cccc(N4CCOCC4=O)c3)C1=O)c2Cl. The molecule has 3 amide bonds. The topological polar surface area (TPSA) is 147 Å². The van der Waals surface area contributed by atoms with Crippen LogP contribution in [0.25, 0.3) is 0 Å². The van der Waals surface area contributed by atoms with E-state index in [9.17, 15) is 19.5 Å². The first kappa shape index (κ1) is 24.2. The van der Waals surface area contributed by atoms with Crippen LogP contribution in [0.2, 0.25) is 5.02 Å². The molecule has 3 heterocycles. The van der Waals surface area contributed by atoms with Gasteiger partial charge in [-0.05, 0) is 30.3 Å². The van der Waals surface area contributed by atoms with Crippen LogP contribution < -0.4 is 20.9 Å². The number of nitrogens with two attached hydrogens (primary N) is 1. The number of amidine groups is 1. The number of fused-ring (bicyclic) bond motifs is 1. The third-order valence-electron chi connectivity index (χ3n) is 6.30. The first-order chi connectivity index (χ1) is 17.3. The highest BCUT2D eigenvalue weighted by Crippen LogP contribution is 2.33. The van der Waals surface area contributed by atoms with E-state index in [1.165, 1.54) is 4.90 Å². The van der Waals surface area contributed by atoms with Gasteiger partial charge in [0, 0.05) is 35.6 Å². The number of carbonyl (C=O) groups is 3. The standard InChI is InChI=1S/C24H24ClN5O6/c25-19-16-11-27-22(26)15(16)4-5-17(19)28-23(33)20(32)21-24(34)30(7-9-36-21)14-3-1-2-13(10-14)29-6-8-35-12-18(29)31/h1-5,10,20-21,32H,6-9,11-12H2,(H2,26,27)(H,28,33). The summed E-state index contributed by atoms with van der Waals surface area (Å²) in [6.07, 6.45) is -3.20. The first-order valence-electron chi connectivity index (χ1n) is 11.4. The number of halogens is 1. The molecular weight excluding hydrogens is 490 g/mol. The fourth-order valence-corrected chi connectivity index (χ4v) is 4.69. The van der Waals surface area contributed by atoms with Crippen molar-refractivity contribution in [2.24, 2.45) is 10.7 Å². The molecule has 3 aliphatic heterocycles. The Kier molecular flexibility index (Phi) is 6.63. The van der Waals surface area contributed by atoms with Crippen molar-refractivity contribution in [3.8, 4) is 0 Å². The van der Waals surface area contributed by atoms with Crippen LogP contribution in [0.15, 0.2) is 41.4 Å². The first-order valence-corrected chi connectivity index (χ1v) is 11.7. The number of aliphatic hydroxyl groups is 1. The van der Waals surface area contributed by atoms with Gasteiger partial charge in [0.1, 0.15) is 12.4 Å². The van der Waals surface area contributed by atoms with Crippen LogP contribution in [-0.4, -0.2) is 73.8 Å². The van der Waals surface area contributed by atoms with Gasteiger partial charge in [-0.2, -0.15) is 0 Å². The van der Waals surface area contributed by atoms with Crippen molar-refractivity contribution in [1.82, 2.24) is 0 Å². The molecule has 0 bridgehead atoms. The predicted octanol–water partition coefficient (Wildman–Crippen LogP) is 0.653. The van der Waals surface area contributed by atoms with Gasteiger partial charge in [-0.25, -0.2) is 0 Å². The van der Waals surface area contributed by atoms with Crippen LogP contribution >= 0.6 is 11.6 Å². The maximum atomic E-state index is 13.2. The molecule has 2 unspecified atom stereocenters. The smallest absolute Gasteiger partial charge is 0.259 e. The minimum atomic E-state index is -1.78. The number of hydrogen-bond acceptors (Lipinski definition) is 8. The fourth-order valence-electron chi connectivity index (χ4n) is 4.41. The monoisotopic (exact) mass is 513 g/mol. The number of aliphatic hydroxyl groups excluding tert-OH is 1. The molecule has 4 N–H and O–H groups in total. The molecule has 0 spiro atoms. The lowest BCUT2D eigenvalue weighted by molar-refractivity contribution is -0.150. The second-order valence-electron chi connectivity index (χ2n) is 8.49. The van der Waals surface area contributed by atoms with E-state index < -0.39 is 24.0 Å². The number of aliphatic imine (C=N–C) groups is 1. The van der Waals surface area contributed by atoms with Crippen molar-refractivity contribution in [2.45, 2.75) is 18.8 Å². The second-order valence-corrected chi connectivity index (χ2v) is 8.87. The van der Waals surface area contributed by atoms with E-state index in [-0.39, 0.29) is 36.4 Å². The van der Waals surface area contributed by atoms with Crippen LogP contribution in [0.1, 0.15) is 11.1 Å². The quantitative estimate of drug-likeness (QED) is 0.532. The number of nitrogens with zero attached hydrogens (tertiary/aromatic N) is 3. The summed E-state index contributed by atoms with van der Waals surface area (Å²) in [6, 6.07) is 10.2. The molecule has 36 heavy (non-hydrogen) atoms. The lowest BCUT2D eigenvalue weighted by Gasteiger charge is -2.35. The Morgan fingerprint density at radius 1 is 1.17 bits per heavy atom. The summed E-state index contributed by atoms with van der Waals surface area (Å²) in [4.78, 5) is 45.4.